The van der Waals surface area contributed by atoms with Crippen LogP contribution < -0.4 is 19.5 Å². The molecule has 1 N–H and O–H groups in total. The van der Waals surface area contributed by atoms with E-state index in [1.54, 1.807) is 24.3 Å². The zero-order valence-electron chi connectivity index (χ0n) is 17.3. The largest absolute Gasteiger partial charge is 0.495 e. The van der Waals surface area contributed by atoms with Crippen LogP contribution in [0.1, 0.15) is 37.0 Å². The number of carbonyl (C=O) groups is 1. The van der Waals surface area contributed by atoms with Crippen molar-refractivity contribution in [1.29, 1.82) is 0 Å². The maximum Gasteiger partial charge on any atom is 0.255 e. The van der Waals surface area contributed by atoms with Crippen molar-refractivity contribution < 1.29 is 27.4 Å². The van der Waals surface area contributed by atoms with Crippen LogP contribution in [0.2, 0.25) is 0 Å². The number of hydrogen-bond acceptors (Lipinski definition) is 6. The number of hydrogen-bond donors (Lipinski definition) is 1. The monoisotopic (exact) mass is 421 g/mol. The highest BCUT2D eigenvalue weighted by molar-refractivity contribution is 7.92. The van der Waals surface area contributed by atoms with Gasteiger partial charge in [0.15, 0.2) is 21.3 Å². The minimum atomic E-state index is -3.51. The maximum absolute atomic E-state index is 12.9. The first kappa shape index (κ1) is 22.5. The Balaban J connectivity index is 2.40. The first-order chi connectivity index (χ1) is 13.8. The zero-order chi connectivity index (χ0) is 21.6. The number of carbonyl (C=O) groups excluding carboxylic acids is 1. The summed E-state index contributed by atoms with van der Waals surface area (Å²) in [4.78, 5) is 12.9. The Bertz CT molecular complexity index is 967. The summed E-state index contributed by atoms with van der Waals surface area (Å²) in [5.74, 6) is 0.848. The molecule has 0 saturated carbocycles. The normalized spacial score (nSPS) is 11.2. The average Bonchev–Trinajstić information content (AvgIpc) is 2.73. The van der Waals surface area contributed by atoms with Crippen molar-refractivity contribution in [2.75, 3.05) is 26.6 Å². The fourth-order valence-electron chi connectivity index (χ4n) is 3.05. The molecule has 29 heavy (non-hydrogen) atoms. The van der Waals surface area contributed by atoms with Crippen molar-refractivity contribution in [3.05, 3.63) is 42.0 Å². The van der Waals surface area contributed by atoms with Gasteiger partial charge < -0.3 is 19.5 Å². The molecule has 0 aliphatic heterocycles. The molecule has 1 amide bonds. The second kappa shape index (κ2) is 9.65. The highest BCUT2D eigenvalue weighted by Gasteiger charge is 2.25. The number of benzene rings is 2. The molecule has 2 aromatic carbocycles. The summed E-state index contributed by atoms with van der Waals surface area (Å²) >= 11 is 0. The standard InChI is InChI=1S/C21H27NO6S/c1-6-15(7-2)29(24,25)16-9-11-18(26-3)17(13-16)22-21(23)14-8-10-19(27-4)20(12-14)28-5/h8-13,15H,6-7H2,1-5H3,(H,22,23). The summed E-state index contributed by atoms with van der Waals surface area (Å²) in [6.07, 6.45) is 1.02. The van der Waals surface area contributed by atoms with E-state index in [1.807, 2.05) is 13.8 Å². The second-order valence-electron chi connectivity index (χ2n) is 6.37. The molecule has 0 aliphatic carbocycles. The van der Waals surface area contributed by atoms with Crippen molar-refractivity contribution in [3.8, 4) is 17.2 Å². The third kappa shape index (κ3) is 4.82. The van der Waals surface area contributed by atoms with Crippen LogP contribution in [0.3, 0.4) is 0 Å². The summed E-state index contributed by atoms with van der Waals surface area (Å²) in [5, 5.41) is 2.25. The maximum atomic E-state index is 12.9. The Hall–Kier alpha value is -2.74. The minimum absolute atomic E-state index is 0.148. The number of amides is 1. The van der Waals surface area contributed by atoms with Crippen molar-refractivity contribution >= 4 is 21.4 Å². The SMILES string of the molecule is CCC(CC)S(=O)(=O)c1ccc(OC)c(NC(=O)c2ccc(OC)c(OC)c2)c1. The lowest BCUT2D eigenvalue weighted by Gasteiger charge is -2.17. The molecule has 0 heterocycles. The van der Waals surface area contributed by atoms with E-state index in [0.29, 0.717) is 35.7 Å². The smallest absolute Gasteiger partial charge is 0.255 e. The van der Waals surface area contributed by atoms with Gasteiger partial charge >= 0.3 is 0 Å². The van der Waals surface area contributed by atoms with E-state index in [4.69, 9.17) is 14.2 Å². The van der Waals surface area contributed by atoms with Crippen LogP contribution in [0, 0.1) is 0 Å². The summed E-state index contributed by atoms with van der Waals surface area (Å²) in [6.45, 7) is 3.68. The molecule has 158 valence electrons. The minimum Gasteiger partial charge on any atom is -0.495 e. The Morgan fingerprint density at radius 2 is 1.48 bits per heavy atom. The van der Waals surface area contributed by atoms with E-state index in [-0.39, 0.29) is 10.6 Å². The van der Waals surface area contributed by atoms with Crippen molar-refractivity contribution in [3.63, 3.8) is 0 Å². The third-order valence-electron chi connectivity index (χ3n) is 4.74. The molecule has 0 fully saturated rings. The molecule has 0 bridgehead atoms. The first-order valence-corrected chi connectivity index (χ1v) is 10.8. The molecule has 0 aliphatic rings. The fraction of sp³-hybridized carbons (Fsp3) is 0.381. The summed E-state index contributed by atoms with van der Waals surface area (Å²) in [5.41, 5.74) is 0.609. The summed E-state index contributed by atoms with van der Waals surface area (Å²) in [7, 11) is 0.932. The van der Waals surface area contributed by atoms with Gasteiger partial charge in [0.2, 0.25) is 0 Å². The molecule has 0 unspecified atom stereocenters. The number of methoxy groups -OCH3 is 3. The van der Waals surface area contributed by atoms with Gasteiger partial charge in [0.05, 0.1) is 37.2 Å². The average molecular weight is 422 g/mol. The van der Waals surface area contributed by atoms with E-state index in [1.165, 1.54) is 33.5 Å². The van der Waals surface area contributed by atoms with Crippen LogP contribution in [0.15, 0.2) is 41.3 Å². The van der Waals surface area contributed by atoms with Gasteiger partial charge in [0.25, 0.3) is 5.91 Å². The topological polar surface area (TPSA) is 90.9 Å². The number of nitrogens with one attached hydrogen (secondary N) is 1. The highest BCUT2D eigenvalue weighted by Crippen LogP contribution is 2.32. The van der Waals surface area contributed by atoms with Crippen LogP contribution in [-0.4, -0.2) is 40.9 Å². The molecular weight excluding hydrogens is 394 g/mol. The van der Waals surface area contributed by atoms with Crippen LogP contribution in [0.25, 0.3) is 0 Å². The van der Waals surface area contributed by atoms with Gasteiger partial charge in [-0.3, -0.25) is 4.79 Å². The molecule has 2 aromatic rings. The fourth-order valence-corrected chi connectivity index (χ4v) is 4.86. The van der Waals surface area contributed by atoms with Crippen molar-refractivity contribution in [2.24, 2.45) is 0 Å². The van der Waals surface area contributed by atoms with E-state index in [9.17, 15) is 13.2 Å². The number of rotatable bonds is 9. The number of sulfone groups is 1. The molecule has 0 radical (unpaired) electrons. The quantitative estimate of drug-likeness (QED) is 0.660. The molecular formula is C21H27NO6S. The Labute approximate surface area is 171 Å². The lowest BCUT2D eigenvalue weighted by atomic mass is 10.1. The predicted octanol–water partition coefficient (Wildman–Crippen LogP) is 3.93. The van der Waals surface area contributed by atoms with Crippen LogP contribution in [-0.2, 0) is 9.84 Å². The lowest BCUT2D eigenvalue weighted by molar-refractivity contribution is 0.102. The van der Waals surface area contributed by atoms with Crippen LogP contribution in [0.4, 0.5) is 5.69 Å². The van der Waals surface area contributed by atoms with Gasteiger partial charge in [-0.25, -0.2) is 8.42 Å². The van der Waals surface area contributed by atoms with Gasteiger partial charge in [-0.1, -0.05) is 13.8 Å². The van der Waals surface area contributed by atoms with Crippen molar-refractivity contribution in [2.45, 2.75) is 36.8 Å². The van der Waals surface area contributed by atoms with Gasteiger partial charge in [0.1, 0.15) is 5.75 Å². The van der Waals surface area contributed by atoms with Gasteiger partial charge in [-0.05, 0) is 49.2 Å². The second-order valence-corrected chi connectivity index (χ2v) is 8.60. The molecule has 0 spiro atoms. The van der Waals surface area contributed by atoms with Crippen LogP contribution in [0.5, 0.6) is 17.2 Å². The number of anilines is 1. The molecule has 8 heteroatoms. The molecule has 7 nitrogen and oxygen atoms in total. The van der Waals surface area contributed by atoms with Crippen LogP contribution >= 0.6 is 0 Å². The molecule has 0 saturated heterocycles. The summed E-state index contributed by atoms with van der Waals surface area (Å²) in [6, 6.07) is 9.24. The first-order valence-electron chi connectivity index (χ1n) is 9.27. The summed E-state index contributed by atoms with van der Waals surface area (Å²) < 4.78 is 41.4. The van der Waals surface area contributed by atoms with E-state index in [0.717, 1.165) is 0 Å². The van der Waals surface area contributed by atoms with E-state index in [2.05, 4.69) is 5.32 Å². The molecule has 0 aromatic heterocycles. The third-order valence-corrected chi connectivity index (χ3v) is 7.20. The lowest BCUT2D eigenvalue weighted by Crippen LogP contribution is -2.20. The highest BCUT2D eigenvalue weighted by atomic mass is 32.2. The molecule has 0 atom stereocenters. The van der Waals surface area contributed by atoms with Crippen molar-refractivity contribution in [1.82, 2.24) is 0 Å². The van der Waals surface area contributed by atoms with Gasteiger partial charge in [-0.2, -0.15) is 0 Å². The predicted molar refractivity (Wildman–Crippen MR) is 112 cm³/mol. The number of ether oxygens (including phenoxy) is 3. The van der Waals surface area contributed by atoms with Gasteiger partial charge in [-0.15, -0.1) is 0 Å². The zero-order valence-corrected chi connectivity index (χ0v) is 18.1. The Morgan fingerprint density at radius 3 is 2.03 bits per heavy atom. The van der Waals surface area contributed by atoms with E-state index < -0.39 is 21.0 Å². The van der Waals surface area contributed by atoms with E-state index >= 15 is 0 Å². The Kier molecular flexibility index (Phi) is 7.50. The molecule has 2 rings (SSSR count). The van der Waals surface area contributed by atoms with Gasteiger partial charge in [0, 0.05) is 5.56 Å². The Morgan fingerprint density at radius 1 is 0.897 bits per heavy atom.